The molecule has 0 bridgehead atoms. The number of hydrogen-bond donors (Lipinski definition) is 1. The summed E-state index contributed by atoms with van der Waals surface area (Å²) in [6.45, 7) is 0.149. The maximum Gasteiger partial charge on any atom is 0.305 e. The van der Waals surface area contributed by atoms with Crippen LogP contribution >= 0.6 is 11.6 Å². The number of fused-ring (bicyclic) bond motifs is 1. The Morgan fingerprint density at radius 1 is 1.38 bits per heavy atom. The van der Waals surface area contributed by atoms with Gasteiger partial charge in [-0.15, -0.1) is 0 Å². The highest BCUT2D eigenvalue weighted by atomic mass is 35.5. The summed E-state index contributed by atoms with van der Waals surface area (Å²) in [5.41, 5.74) is 0.575. The number of aliphatic carboxylic acids is 1. The van der Waals surface area contributed by atoms with Gasteiger partial charge in [0.25, 0.3) is 5.91 Å². The van der Waals surface area contributed by atoms with Gasteiger partial charge >= 0.3 is 5.97 Å². The number of nitrogens with zero attached hydrogens (tertiary/aromatic N) is 2. The summed E-state index contributed by atoms with van der Waals surface area (Å²) in [6.07, 6.45) is 1.85. The molecule has 2 aromatic rings. The number of carbonyl (C=O) groups excluding carboxylic acids is 1. The first-order chi connectivity index (χ1) is 12.5. The van der Waals surface area contributed by atoms with Crippen molar-refractivity contribution in [3.05, 3.63) is 35.5 Å². The third kappa shape index (κ3) is 3.89. The van der Waals surface area contributed by atoms with Crippen LogP contribution in [0, 0.1) is 0 Å². The Kier molecular flexibility index (Phi) is 5.58. The van der Waals surface area contributed by atoms with Crippen LogP contribution < -0.4 is 4.74 Å². The van der Waals surface area contributed by atoms with E-state index in [0.717, 1.165) is 5.39 Å². The van der Waals surface area contributed by atoms with E-state index in [0.29, 0.717) is 29.3 Å². The minimum absolute atomic E-state index is 0.114. The molecule has 26 heavy (non-hydrogen) atoms. The van der Waals surface area contributed by atoms with Crippen molar-refractivity contribution in [2.45, 2.75) is 25.0 Å². The number of methoxy groups -OCH3 is 1. The van der Waals surface area contributed by atoms with E-state index < -0.39 is 12.0 Å². The van der Waals surface area contributed by atoms with E-state index in [1.54, 1.807) is 31.5 Å². The number of halogens is 1. The second-order valence-corrected chi connectivity index (χ2v) is 6.53. The van der Waals surface area contributed by atoms with Crippen LogP contribution in [-0.4, -0.2) is 59.3 Å². The van der Waals surface area contributed by atoms with Gasteiger partial charge in [-0.3, -0.25) is 14.6 Å². The van der Waals surface area contributed by atoms with E-state index in [1.807, 2.05) is 6.07 Å². The highest BCUT2D eigenvalue weighted by Crippen LogP contribution is 2.30. The lowest BCUT2D eigenvalue weighted by Crippen LogP contribution is -2.40. The molecule has 0 saturated carbocycles. The first kappa shape index (κ1) is 18.4. The molecule has 1 saturated heterocycles. The molecule has 7 nitrogen and oxygen atoms in total. The van der Waals surface area contributed by atoms with Gasteiger partial charge in [-0.25, -0.2) is 0 Å². The Morgan fingerprint density at radius 3 is 2.92 bits per heavy atom. The number of pyridine rings is 1. The van der Waals surface area contributed by atoms with Crippen molar-refractivity contribution < 1.29 is 24.2 Å². The Labute approximate surface area is 155 Å². The van der Waals surface area contributed by atoms with Crippen molar-refractivity contribution in [1.29, 1.82) is 0 Å². The number of likely N-dealkylation sites (tertiary alicyclic amines) is 1. The number of carboxylic acids is 1. The molecule has 8 heteroatoms. The Hall–Kier alpha value is -2.38. The normalized spacial score (nSPS) is 19.7. The first-order valence-corrected chi connectivity index (χ1v) is 8.57. The molecule has 0 spiro atoms. The third-order valence-electron chi connectivity index (χ3n) is 4.47. The van der Waals surface area contributed by atoms with Gasteiger partial charge in [-0.1, -0.05) is 11.6 Å². The minimum atomic E-state index is -0.946. The zero-order valence-electron chi connectivity index (χ0n) is 14.2. The van der Waals surface area contributed by atoms with Gasteiger partial charge in [0.2, 0.25) is 0 Å². The minimum Gasteiger partial charge on any atom is -0.481 e. The summed E-state index contributed by atoms with van der Waals surface area (Å²) in [6, 6.07) is 6.56. The zero-order valence-corrected chi connectivity index (χ0v) is 15.0. The fourth-order valence-electron chi connectivity index (χ4n) is 3.20. The van der Waals surface area contributed by atoms with Crippen LogP contribution in [0.5, 0.6) is 5.75 Å². The molecule has 1 aromatic heterocycles. The van der Waals surface area contributed by atoms with Crippen LogP contribution in [0.2, 0.25) is 5.02 Å². The van der Waals surface area contributed by atoms with Gasteiger partial charge in [0.1, 0.15) is 11.3 Å². The van der Waals surface area contributed by atoms with Crippen molar-refractivity contribution in [3.8, 4) is 5.75 Å². The molecule has 1 amide bonds. The average Bonchev–Trinajstić information content (AvgIpc) is 3.03. The fourth-order valence-corrected chi connectivity index (χ4v) is 3.41. The van der Waals surface area contributed by atoms with Crippen LogP contribution in [0.15, 0.2) is 30.5 Å². The van der Waals surface area contributed by atoms with Gasteiger partial charge in [0.05, 0.1) is 17.5 Å². The number of carboxylic acid groups (broad SMARTS) is 1. The van der Waals surface area contributed by atoms with Crippen LogP contribution in [0.1, 0.15) is 12.8 Å². The number of aromatic nitrogens is 1. The highest BCUT2D eigenvalue weighted by Gasteiger charge is 2.36. The van der Waals surface area contributed by atoms with Gasteiger partial charge in [0.15, 0.2) is 6.61 Å². The van der Waals surface area contributed by atoms with E-state index in [4.69, 9.17) is 26.2 Å². The Balaban J connectivity index is 1.72. The molecule has 2 atom stereocenters. The first-order valence-electron chi connectivity index (χ1n) is 8.19. The van der Waals surface area contributed by atoms with Crippen molar-refractivity contribution in [2.24, 2.45) is 0 Å². The molecular formula is C18H19ClN2O5. The Bertz CT molecular complexity index is 828. The van der Waals surface area contributed by atoms with Crippen LogP contribution in [0.25, 0.3) is 10.9 Å². The summed E-state index contributed by atoms with van der Waals surface area (Å²) < 4.78 is 11.0. The fraction of sp³-hybridized carbons (Fsp3) is 0.389. The smallest absolute Gasteiger partial charge is 0.305 e. The lowest BCUT2D eigenvalue weighted by molar-refractivity contribution is -0.140. The standard InChI is InChI=1S/C18H19ClN2O5/c1-25-12-7-11(8-17(23)24)21(9-12)16(22)10-26-15-5-4-14(19)13-3-2-6-20-18(13)15/h2-6,11-12H,7-10H2,1H3,(H,23,24). The van der Waals surface area contributed by atoms with Crippen molar-refractivity contribution in [3.63, 3.8) is 0 Å². The van der Waals surface area contributed by atoms with Crippen LogP contribution in [0.4, 0.5) is 0 Å². The number of amides is 1. The summed E-state index contributed by atoms with van der Waals surface area (Å²) >= 11 is 6.15. The van der Waals surface area contributed by atoms with E-state index in [9.17, 15) is 9.59 Å². The van der Waals surface area contributed by atoms with Gasteiger partial charge in [-0.2, -0.15) is 0 Å². The number of ether oxygens (including phenoxy) is 2. The third-order valence-corrected chi connectivity index (χ3v) is 4.80. The number of hydrogen-bond acceptors (Lipinski definition) is 5. The van der Waals surface area contributed by atoms with Crippen LogP contribution in [0.3, 0.4) is 0 Å². The molecule has 1 aliphatic heterocycles. The molecule has 1 fully saturated rings. The van der Waals surface area contributed by atoms with Crippen molar-refractivity contribution >= 4 is 34.4 Å². The predicted octanol–water partition coefficient (Wildman–Crippen LogP) is 2.36. The number of rotatable bonds is 6. The largest absolute Gasteiger partial charge is 0.481 e. The SMILES string of the molecule is COC1CC(CC(=O)O)N(C(=O)COc2ccc(Cl)c3cccnc23)C1. The Morgan fingerprint density at radius 2 is 2.19 bits per heavy atom. The second-order valence-electron chi connectivity index (χ2n) is 6.12. The van der Waals surface area contributed by atoms with E-state index >= 15 is 0 Å². The lowest BCUT2D eigenvalue weighted by Gasteiger charge is -2.23. The number of benzene rings is 1. The number of carbonyl (C=O) groups is 2. The molecule has 2 unspecified atom stereocenters. The zero-order chi connectivity index (χ0) is 18.7. The molecular weight excluding hydrogens is 360 g/mol. The monoisotopic (exact) mass is 378 g/mol. The molecule has 1 aliphatic rings. The van der Waals surface area contributed by atoms with Crippen LogP contribution in [-0.2, 0) is 14.3 Å². The molecule has 1 aromatic carbocycles. The molecule has 2 heterocycles. The molecule has 0 aliphatic carbocycles. The van der Waals surface area contributed by atoms with E-state index in [-0.39, 0.29) is 25.0 Å². The van der Waals surface area contributed by atoms with Gasteiger partial charge in [0, 0.05) is 31.3 Å². The maximum absolute atomic E-state index is 12.6. The second kappa shape index (κ2) is 7.88. The molecule has 3 rings (SSSR count). The van der Waals surface area contributed by atoms with Crippen molar-refractivity contribution in [1.82, 2.24) is 9.88 Å². The van der Waals surface area contributed by atoms with E-state index in [2.05, 4.69) is 4.98 Å². The molecule has 0 radical (unpaired) electrons. The summed E-state index contributed by atoms with van der Waals surface area (Å²) in [5, 5.41) is 10.3. The summed E-state index contributed by atoms with van der Waals surface area (Å²) in [7, 11) is 1.55. The summed E-state index contributed by atoms with van der Waals surface area (Å²) in [5.74, 6) is -0.774. The maximum atomic E-state index is 12.6. The quantitative estimate of drug-likeness (QED) is 0.830. The van der Waals surface area contributed by atoms with E-state index in [1.165, 1.54) is 4.90 Å². The van der Waals surface area contributed by atoms with Gasteiger partial charge in [-0.05, 0) is 30.7 Å². The molecule has 1 N–H and O–H groups in total. The average molecular weight is 379 g/mol. The molecule has 138 valence electrons. The van der Waals surface area contributed by atoms with Gasteiger partial charge < -0.3 is 19.5 Å². The topological polar surface area (TPSA) is 89.0 Å². The summed E-state index contributed by atoms with van der Waals surface area (Å²) in [4.78, 5) is 29.4. The lowest BCUT2D eigenvalue weighted by atomic mass is 10.1. The van der Waals surface area contributed by atoms with Crippen molar-refractivity contribution in [2.75, 3.05) is 20.3 Å². The predicted molar refractivity (Wildman–Crippen MR) is 95.4 cm³/mol. The highest BCUT2D eigenvalue weighted by molar-refractivity contribution is 6.35.